The first kappa shape index (κ1) is 15.4. The number of hydrogen-bond acceptors (Lipinski definition) is 3. The van der Waals surface area contributed by atoms with Crippen LogP contribution in [0.4, 0.5) is 0 Å². The van der Waals surface area contributed by atoms with Crippen molar-refractivity contribution in [1.82, 2.24) is 0 Å². The lowest BCUT2D eigenvalue weighted by Gasteiger charge is -2.12. The number of methoxy groups -OCH3 is 1. The maximum atomic E-state index is 5.90. The van der Waals surface area contributed by atoms with Crippen molar-refractivity contribution in [3.8, 4) is 11.5 Å². The van der Waals surface area contributed by atoms with Gasteiger partial charge < -0.3 is 15.2 Å². The predicted octanol–water partition coefficient (Wildman–Crippen LogP) is 3.21. The minimum absolute atomic E-state index is 0.605. The molecule has 0 amide bonds. The molecule has 0 spiro atoms. The second kappa shape index (κ2) is 8.32. The lowest BCUT2D eigenvalue weighted by atomic mass is 10.1. The third-order valence-electron chi connectivity index (χ3n) is 3.39. The van der Waals surface area contributed by atoms with Crippen LogP contribution in [0.1, 0.15) is 17.5 Å². The average molecular weight is 285 g/mol. The summed E-state index contributed by atoms with van der Waals surface area (Å²) in [5.41, 5.74) is 8.11. The molecule has 0 aliphatic carbocycles. The molecule has 0 aliphatic heterocycles. The van der Waals surface area contributed by atoms with Crippen molar-refractivity contribution in [3.63, 3.8) is 0 Å². The van der Waals surface area contributed by atoms with E-state index in [1.54, 1.807) is 7.11 Å². The van der Waals surface area contributed by atoms with Gasteiger partial charge in [-0.2, -0.15) is 0 Å². The molecule has 2 aromatic rings. The largest absolute Gasteiger partial charge is 0.497 e. The summed E-state index contributed by atoms with van der Waals surface area (Å²) >= 11 is 0. The van der Waals surface area contributed by atoms with Crippen LogP contribution in [-0.4, -0.2) is 20.3 Å². The summed E-state index contributed by atoms with van der Waals surface area (Å²) in [5, 5.41) is 0. The van der Waals surface area contributed by atoms with Gasteiger partial charge in [-0.25, -0.2) is 0 Å². The Morgan fingerprint density at radius 2 is 1.81 bits per heavy atom. The number of nitrogens with two attached hydrogens (primary N) is 1. The Kier molecular flexibility index (Phi) is 6.10. The maximum Gasteiger partial charge on any atom is 0.122 e. The number of ether oxygens (including phenoxy) is 2. The van der Waals surface area contributed by atoms with Crippen LogP contribution in [0.5, 0.6) is 11.5 Å². The normalized spacial score (nSPS) is 10.4. The monoisotopic (exact) mass is 285 g/mol. The van der Waals surface area contributed by atoms with Crippen LogP contribution in [-0.2, 0) is 12.8 Å². The van der Waals surface area contributed by atoms with Gasteiger partial charge in [-0.05, 0) is 55.1 Å². The molecule has 3 nitrogen and oxygen atoms in total. The highest BCUT2D eigenvalue weighted by molar-refractivity contribution is 5.40. The molecule has 0 aliphatic rings. The highest BCUT2D eigenvalue weighted by Gasteiger charge is 2.05. The average Bonchev–Trinajstić information content (AvgIpc) is 2.54. The molecule has 0 saturated heterocycles. The fourth-order valence-electron chi connectivity index (χ4n) is 2.28. The van der Waals surface area contributed by atoms with E-state index in [0.717, 1.165) is 36.3 Å². The Labute approximate surface area is 126 Å². The number of benzene rings is 2. The summed E-state index contributed by atoms with van der Waals surface area (Å²) in [6.07, 6.45) is 2.83. The van der Waals surface area contributed by atoms with Crippen molar-refractivity contribution in [2.45, 2.75) is 19.3 Å². The fraction of sp³-hybridized carbons (Fsp3) is 0.333. The van der Waals surface area contributed by atoms with Gasteiger partial charge in [0.25, 0.3) is 0 Å². The van der Waals surface area contributed by atoms with Crippen molar-refractivity contribution >= 4 is 0 Å². The van der Waals surface area contributed by atoms with E-state index in [1.807, 2.05) is 24.3 Å². The molecule has 0 saturated carbocycles. The maximum absolute atomic E-state index is 5.90. The second-order valence-corrected chi connectivity index (χ2v) is 4.95. The molecule has 112 valence electrons. The first-order chi connectivity index (χ1) is 10.3. The van der Waals surface area contributed by atoms with E-state index in [-0.39, 0.29) is 0 Å². The van der Waals surface area contributed by atoms with E-state index in [2.05, 4.69) is 24.3 Å². The van der Waals surface area contributed by atoms with Gasteiger partial charge in [-0.3, -0.25) is 0 Å². The number of rotatable bonds is 8. The van der Waals surface area contributed by atoms with E-state index in [4.69, 9.17) is 15.2 Å². The SMILES string of the molecule is COc1ccc(OCCCc2ccccc2)c(CCN)c1. The lowest BCUT2D eigenvalue weighted by Crippen LogP contribution is -2.07. The minimum Gasteiger partial charge on any atom is -0.497 e. The molecule has 2 aromatic carbocycles. The molecule has 0 radical (unpaired) electrons. The Bertz CT molecular complexity index is 540. The molecule has 2 rings (SSSR count). The minimum atomic E-state index is 0.605. The number of aryl methyl sites for hydroxylation is 1. The zero-order valence-corrected chi connectivity index (χ0v) is 12.5. The van der Waals surface area contributed by atoms with Gasteiger partial charge in [-0.15, -0.1) is 0 Å². The van der Waals surface area contributed by atoms with Crippen LogP contribution in [0.15, 0.2) is 48.5 Å². The first-order valence-corrected chi connectivity index (χ1v) is 7.37. The van der Waals surface area contributed by atoms with Crippen molar-refractivity contribution < 1.29 is 9.47 Å². The van der Waals surface area contributed by atoms with Crippen LogP contribution >= 0.6 is 0 Å². The Morgan fingerprint density at radius 3 is 2.52 bits per heavy atom. The van der Waals surface area contributed by atoms with Crippen molar-refractivity contribution in [3.05, 3.63) is 59.7 Å². The van der Waals surface area contributed by atoms with Gasteiger partial charge in [0.1, 0.15) is 11.5 Å². The molecular formula is C18H23NO2. The van der Waals surface area contributed by atoms with Gasteiger partial charge >= 0.3 is 0 Å². The third kappa shape index (κ3) is 4.80. The lowest BCUT2D eigenvalue weighted by molar-refractivity contribution is 0.307. The van der Waals surface area contributed by atoms with Crippen LogP contribution < -0.4 is 15.2 Å². The van der Waals surface area contributed by atoms with Gasteiger partial charge in [0, 0.05) is 0 Å². The topological polar surface area (TPSA) is 44.5 Å². The van der Waals surface area contributed by atoms with Gasteiger partial charge in [0.2, 0.25) is 0 Å². The highest BCUT2D eigenvalue weighted by Crippen LogP contribution is 2.24. The molecule has 0 atom stereocenters. The second-order valence-electron chi connectivity index (χ2n) is 4.95. The molecule has 2 N–H and O–H groups in total. The van der Waals surface area contributed by atoms with Crippen molar-refractivity contribution in [2.75, 3.05) is 20.3 Å². The summed E-state index contributed by atoms with van der Waals surface area (Å²) in [6, 6.07) is 16.4. The molecule has 21 heavy (non-hydrogen) atoms. The third-order valence-corrected chi connectivity index (χ3v) is 3.39. The van der Waals surface area contributed by atoms with Gasteiger partial charge in [0.15, 0.2) is 0 Å². The van der Waals surface area contributed by atoms with E-state index in [9.17, 15) is 0 Å². The van der Waals surface area contributed by atoms with Gasteiger partial charge in [-0.1, -0.05) is 30.3 Å². The summed E-state index contributed by atoms with van der Waals surface area (Å²) in [5.74, 6) is 1.75. The summed E-state index contributed by atoms with van der Waals surface area (Å²) in [7, 11) is 1.67. The van der Waals surface area contributed by atoms with Crippen molar-refractivity contribution in [2.24, 2.45) is 5.73 Å². The van der Waals surface area contributed by atoms with Crippen LogP contribution in [0.2, 0.25) is 0 Å². The first-order valence-electron chi connectivity index (χ1n) is 7.37. The molecule has 0 unspecified atom stereocenters. The Morgan fingerprint density at radius 1 is 1.00 bits per heavy atom. The quantitative estimate of drug-likeness (QED) is 0.757. The zero-order valence-electron chi connectivity index (χ0n) is 12.5. The van der Waals surface area contributed by atoms with Crippen LogP contribution in [0, 0.1) is 0 Å². The smallest absolute Gasteiger partial charge is 0.122 e. The van der Waals surface area contributed by atoms with E-state index in [0.29, 0.717) is 13.2 Å². The molecule has 0 aromatic heterocycles. The Balaban J connectivity index is 1.87. The molecule has 0 fully saturated rings. The fourth-order valence-corrected chi connectivity index (χ4v) is 2.28. The van der Waals surface area contributed by atoms with E-state index >= 15 is 0 Å². The summed E-state index contributed by atoms with van der Waals surface area (Å²) in [4.78, 5) is 0. The van der Waals surface area contributed by atoms with Gasteiger partial charge in [0.05, 0.1) is 13.7 Å². The predicted molar refractivity (Wildman–Crippen MR) is 86.0 cm³/mol. The molecular weight excluding hydrogens is 262 g/mol. The summed E-state index contributed by atoms with van der Waals surface area (Å²) < 4.78 is 11.1. The highest BCUT2D eigenvalue weighted by atomic mass is 16.5. The summed E-state index contributed by atoms with van der Waals surface area (Å²) in [6.45, 7) is 1.31. The molecule has 3 heteroatoms. The molecule has 0 heterocycles. The van der Waals surface area contributed by atoms with E-state index < -0.39 is 0 Å². The van der Waals surface area contributed by atoms with Crippen molar-refractivity contribution in [1.29, 1.82) is 0 Å². The van der Waals surface area contributed by atoms with Crippen LogP contribution in [0.25, 0.3) is 0 Å². The number of hydrogen-bond donors (Lipinski definition) is 1. The standard InChI is InChI=1S/C18H23NO2/c1-20-17-9-10-18(16(14-17)11-12-19)21-13-5-8-15-6-3-2-4-7-15/h2-4,6-7,9-10,14H,5,8,11-13,19H2,1H3. The molecule has 0 bridgehead atoms. The Hall–Kier alpha value is -2.00. The van der Waals surface area contributed by atoms with E-state index in [1.165, 1.54) is 5.56 Å². The zero-order chi connectivity index (χ0) is 14.9. The van der Waals surface area contributed by atoms with Crippen LogP contribution in [0.3, 0.4) is 0 Å².